The van der Waals surface area contributed by atoms with Crippen molar-refractivity contribution in [3.63, 3.8) is 0 Å². The highest BCUT2D eigenvalue weighted by atomic mass is 16.5. The third-order valence-corrected chi connectivity index (χ3v) is 12.8. The number of amides is 3. The molecule has 3 N–H and O–H groups in total. The summed E-state index contributed by atoms with van der Waals surface area (Å²) in [6.45, 7) is 17.2. The molecule has 2 saturated heterocycles. The van der Waals surface area contributed by atoms with Crippen molar-refractivity contribution >= 4 is 34.6 Å². The number of hydrazine groups is 1. The van der Waals surface area contributed by atoms with Crippen LogP contribution >= 0.6 is 0 Å². The van der Waals surface area contributed by atoms with Crippen molar-refractivity contribution < 1.29 is 29.0 Å². The molecule has 4 atom stereocenters. The molecule has 3 aliphatic heterocycles. The maximum absolute atomic E-state index is 14.6. The van der Waals surface area contributed by atoms with Crippen molar-refractivity contribution in [3.05, 3.63) is 84.7 Å². The van der Waals surface area contributed by atoms with Crippen LogP contribution in [0.1, 0.15) is 65.0 Å². The Hall–Kier alpha value is -5.53. The standard InChI is InChI=1S/C49H63N7O6/c1-8-43(58)54-19-16-32(29-54)28-53(7)44(31(3)4)46(59)51-27-37-21-33-20-36(23-38(57)22-33)34-14-15-42-39(24-34)40(45(55(42)9-2)35-12-10-17-50-26-35)25-49(5,6)30-62-48(61)41-13-11-18-56(52-41)47(37)60/h8,10,12,14-15,17,20,22-24,26,31-32,37,41,44,52,57H,1,9,11,13,16,18-19,21,25,27-30H2,2-7H3,(H,51,59)/t32-,37-,41+,44+/m1/s1. The van der Waals surface area contributed by atoms with E-state index in [2.05, 4.69) is 76.8 Å². The normalized spacial score (nSPS) is 21.2. The predicted molar refractivity (Wildman–Crippen MR) is 241 cm³/mol. The number of esters is 1. The molecule has 4 aromatic rings. The molecule has 6 bridgehead atoms. The molecule has 13 nitrogen and oxygen atoms in total. The van der Waals surface area contributed by atoms with E-state index in [4.69, 9.17) is 4.74 Å². The van der Waals surface area contributed by atoms with E-state index in [1.807, 2.05) is 39.2 Å². The molecule has 330 valence electrons. The highest BCUT2D eigenvalue weighted by molar-refractivity contribution is 5.95. The van der Waals surface area contributed by atoms with Gasteiger partial charge in [-0.15, -0.1) is 0 Å². The second-order valence-corrected chi connectivity index (χ2v) is 18.6. The number of aromatic nitrogens is 2. The van der Waals surface area contributed by atoms with Crippen LogP contribution in [-0.4, -0.2) is 112 Å². The van der Waals surface area contributed by atoms with Crippen LogP contribution in [0.15, 0.2) is 73.6 Å². The maximum Gasteiger partial charge on any atom is 0.324 e. The van der Waals surface area contributed by atoms with Gasteiger partial charge in [0.05, 0.1) is 24.3 Å². The smallest absolute Gasteiger partial charge is 0.324 e. The molecule has 0 radical (unpaired) electrons. The number of nitrogens with zero attached hydrogens (tertiary/aromatic N) is 5. The number of aromatic hydroxyl groups is 1. The number of carbonyl (C=O) groups is 4. The number of likely N-dealkylation sites (tertiary alicyclic amines) is 1. The molecule has 62 heavy (non-hydrogen) atoms. The summed E-state index contributed by atoms with van der Waals surface area (Å²) in [5, 5.41) is 16.9. The fraction of sp³-hybridized carbons (Fsp3) is 0.490. The number of rotatable bonds is 10. The van der Waals surface area contributed by atoms with Crippen LogP contribution in [0.3, 0.4) is 0 Å². The molecule has 0 spiro atoms. The Morgan fingerprint density at radius 3 is 2.63 bits per heavy atom. The van der Waals surface area contributed by atoms with Crippen LogP contribution < -0.4 is 10.7 Å². The Morgan fingerprint density at radius 2 is 1.90 bits per heavy atom. The zero-order chi connectivity index (χ0) is 44.3. The van der Waals surface area contributed by atoms with Crippen molar-refractivity contribution in [3.8, 4) is 28.1 Å². The lowest BCUT2D eigenvalue weighted by Crippen LogP contribution is -2.58. The molecule has 5 heterocycles. The molecule has 2 aromatic carbocycles. The first-order valence-corrected chi connectivity index (χ1v) is 22.2. The van der Waals surface area contributed by atoms with Gasteiger partial charge in [0.25, 0.3) is 0 Å². The summed E-state index contributed by atoms with van der Waals surface area (Å²) in [6.07, 6.45) is 7.80. The summed E-state index contributed by atoms with van der Waals surface area (Å²) < 4.78 is 8.39. The largest absolute Gasteiger partial charge is 0.508 e. The van der Waals surface area contributed by atoms with Crippen molar-refractivity contribution in [1.29, 1.82) is 0 Å². The van der Waals surface area contributed by atoms with Crippen LogP contribution in [0.4, 0.5) is 0 Å². The Morgan fingerprint density at radius 1 is 1.10 bits per heavy atom. The molecule has 2 fully saturated rings. The van der Waals surface area contributed by atoms with Gasteiger partial charge in [0.2, 0.25) is 17.7 Å². The highest BCUT2D eigenvalue weighted by Gasteiger charge is 2.36. The summed E-state index contributed by atoms with van der Waals surface area (Å²) in [5.74, 6) is -1.39. The van der Waals surface area contributed by atoms with Gasteiger partial charge < -0.3 is 24.6 Å². The topological polar surface area (TPSA) is 149 Å². The van der Waals surface area contributed by atoms with E-state index in [-0.39, 0.29) is 54.9 Å². The van der Waals surface area contributed by atoms with Crippen molar-refractivity contribution in [2.75, 3.05) is 46.4 Å². The lowest BCUT2D eigenvalue weighted by molar-refractivity contribution is -0.155. The number of pyridine rings is 1. The average Bonchev–Trinajstić information content (AvgIpc) is 3.85. The number of carbonyl (C=O) groups excluding carboxylic acids is 4. The molecular weight excluding hydrogens is 783 g/mol. The molecule has 13 heteroatoms. The summed E-state index contributed by atoms with van der Waals surface area (Å²) in [7, 11) is 1.94. The molecule has 3 amide bonds. The molecule has 7 rings (SSSR count). The first kappa shape index (κ1) is 44.5. The number of phenolic OH excluding ortho intramolecular Hbond substituents is 1. The predicted octanol–water partition coefficient (Wildman–Crippen LogP) is 5.98. The number of likely N-dealkylation sites (N-methyl/N-ethyl adjacent to an activating group) is 1. The monoisotopic (exact) mass is 845 g/mol. The minimum Gasteiger partial charge on any atom is -0.508 e. The second kappa shape index (κ2) is 18.8. The maximum atomic E-state index is 14.6. The lowest BCUT2D eigenvalue weighted by Gasteiger charge is -2.36. The van der Waals surface area contributed by atoms with Crippen LogP contribution in [0, 0.1) is 23.2 Å². The molecule has 0 aliphatic carbocycles. The summed E-state index contributed by atoms with van der Waals surface area (Å²) in [4.78, 5) is 63.1. The molecule has 3 aliphatic rings. The third-order valence-electron chi connectivity index (χ3n) is 12.8. The van der Waals surface area contributed by atoms with Gasteiger partial charge in [-0.1, -0.05) is 46.4 Å². The number of cyclic esters (lactones) is 1. The van der Waals surface area contributed by atoms with Gasteiger partial charge in [-0.3, -0.25) is 34.1 Å². The van der Waals surface area contributed by atoms with Crippen molar-refractivity contribution in [2.24, 2.45) is 23.2 Å². The third kappa shape index (κ3) is 9.74. The van der Waals surface area contributed by atoms with Crippen LogP contribution in [0.25, 0.3) is 33.3 Å². The first-order valence-electron chi connectivity index (χ1n) is 22.2. The minimum atomic E-state index is -0.727. The lowest BCUT2D eigenvalue weighted by atomic mass is 9.84. The van der Waals surface area contributed by atoms with E-state index >= 15 is 0 Å². The average molecular weight is 846 g/mol. The Balaban J connectivity index is 1.23. The number of ether oxygens (including phenoxy) is 1. The van der Waals surface area contributed by atoms with E-state index in [0.29, 0.717) is 45.4 Å². The number of phenols is 1. The van der Waals surface area contributed by atoms with E-state index in [0.717, 1.165) is 57.4 Å². The number of aryl methyl sites for hydroxylation is 1. The van der Waals surface area contributed by atoms with E-state index < -0.39 is 29.4 Å². The van der Waals surface area contributed by atoms with Gasteiger partial charge in [-0.2, -0.15) is 0 Å². The van der Waals surface area contributed by atoms with Crippen molar-refractivity contribution in [1.82, 2.24) is 35.1 Å². The number of benzene rings is 2. The van der Waals surface area contributed by atoms with Crippen LogP contribution in [-0.2, 0) is 43.3 Å². The summed E-state index contributed by atoms with van der Waals surface area (Å²) >= 11 is 0. The van der Waals surface area contributed by atoms with Gasteiger partial charge >= 0.3 is 5.97 Å². The fourth-order valence-electron chi connectivity index (χ4n) is 9.84. The molecule has 0 saturated carbocycles. The van der Waals surface area contributed by atoms with Crippen LogP contribution in [0.5, 0.6) is 5.75 Å². The zero-order valence-electron chi connectivity index (χ0n) is 37.2. The van der Waals surface area contributed by atoms with Crippen molar-refractivity contribution in [2.45, 2.75) is 85.4 Å². The Kier molecular flexibility index (Phi) is 13.5. The van der Waals surface area contributed by atoms with Gasteiger partial charge in [0.1, 0.15) is 11.8 Å². The van der Waals surface area contributed by atoms with Crippen LogP contribution in [0.2, 0.25) is 0 Å². The number of hydrogen-bond acceptors (Lipinski definition) is 9. The van der Waals surface area contributed by atoms with E-state index in [1.54, 1.807) is 23.2 Å². The zero-order valence-corrected chi connectivity index (χ0v) is 37.2. The number of hydrogen-bond donors (Lipinski definition) is 3. The number of fused-ring (bicyclic) bond motifs is 6. The Bertz CT molecular complexity index is 2300. The minimum absolute atomic E-state index is 0.0324. The van der Waals surface area contributed by atoms with Gasteiger partial charge in [-0.05, 0) is 123 Å². The quantitative estimate of drug-likeness (QED) is 0.130. The molecule has 2 aromatic heterocycles. The summed E-state index contributed by atoms with van der Waals surface area (Å²) in [6, 6.07) is 14.6. The van der Waals surface area contributed by atoms with E-state index in [1.165, 1.54) is 11.1 Å². The van der Waals surface area contributed by atoms with Gasteiger partial charge in [0, 0.05) is 73.5 Å². The first-order chi connectivity index (χ1) is 29.7. The molecule has 0 unspecified atom stereocenters. The highest BCUT2D eigenvalue weighted by Crippen LogP contribution is 2.40. The van der Waals surface area contributed by atoms with E-state index in [9.17, 15) is 24.3 Å². The van der Waals surface area contributed by atoms with Gasteiger partial charge in [-0.25, -0.2) is 5.43 Å². The Labute approximate surface area is 365 Å². The molecular formula is C49H63N7O6. The second-order valence-electron chi connectivity index (χ2n) is 18.6. The van der Waals surface area contributed by atoms with Gasteiger partial charge in [0.15, 0.2) is 0 Å². The fourth-order valence-corrected chi connectivity index (χ4v) is 9.84. The number of nitrogens with one attached hydrogen (secondary N) is 2. The SMILES string of the molecule is C=CC(=O)N1CC[C@H](CN(C)[C@H](C(=O)NC[C@H]2Cc3cc(O)cc(c3)-c3ccc4c(c3)c(c(-c3cccnc3)n4CC)CC(C)(C)COC(=O)[C@@H]3CCCN(N3)C2=O)C(C)C)C1. The summed E-state index contributed by atoms with van der Waals surface area (Å²) in [5.41, 5.74) is 9.45.